The van der Waals surface area contributed by atoms with Crippen LogP contribution in [0.25, 0.3) is 0 Å². The standard InChI is InChI=1S/C22H29N3O5S/c1-2-3-16-30-19-7-9-20(10-8-19)31(28,29)22(21(26)24-27)11-14-25(15-12-22)17-18-6-4-5-13-23-18/h4-10,13,27H,2-3,11-12,14-17H2,1H3,(H,24,26). The van der Waals surface area contributed by atoms with Gasteiger partial charge in [-0.05, 0) is 55.7 Å². The first kappa shape index (κ1) is 23.2. The second kappa shape index (κ2) is 10.2. The molecule has 0 spiro atoms. The summed E-state index contributed by atoms with van der Waals surface area (Å²) < 4.78 is 30.9. The minimum atomic E-state index is -4.04. The highest BCUT2D eigenvalue weighted by molar-refractivity contribution is 7.93. The van der Waals surface area contributed by atoms with E-state index in [0.29, 0.717) is 32.0 Å². The average molecular weight is 448 g/mol. The van der Waals surface area contributed by atoms with E-state index in [4.69, 9.17) is 4.74 Å². The van der Waals surface area contributed by atoms with E-state index < -0.39 is 20.5 Å². The fourth-order valence-corrected chi connectivity index (χ4v) is 5.74. The number of likely N-dealkylation sites (tertiary alicyclic amines) is 1. The summed E-state index contributed by atoms with van der Waals surface area (Å²) in [4.78, 5) is 19.0. The Hall–Kier alpha value is -2.49. The molecule has 31 heavy (non-hydrogen) atoms. The number of nitrogens with zero attached hydrogens (tertiary/aromatic N) is 2. The fourth-order valence-electron chi connectivity index (χ4n) is 3.79. The van der Waals surface area contributed by atoms with Gasteiger partial charge in [-0.25, -0.2) is 13.9 Å². The zero-order valence-corrected chi connectivity index (χ0v) is 18.5. The van der Waals surface area contributed by atoms with E-state index in [1.165, 1.54) is 12.1 Å². The zero-order valence-electron chi connectivity index (χ0n) is 17.7. The number of ether oxygens (including phenoxy) is 1. The number of carbonyl (C=O) groups excluding carboxylic acids is 1. The van der Waals surface area contributed by atoms with Crippen molar-refractivity contribution in [3.63, 3.8) is 0 Å². The molecule has 0 aliphatic carbocycles. The molecule has 1 amide bonds. The van der Waals surface area contributed by atoms with Gasteiger partial charge in [-0.15, -0.1) is 0 Å². The van der Waals surface area contributed by atoms with E-state index in [0.717, 1.165) is 18.5 Å². The molecule has 1 aliphatic rings. The second-order valence-electron chi connectivity index (χ2n) is 7.71. The van der Waals surface area contributed by atoms with Crippen LogP contribution in [0.2, 0.25) is 0 Å². The van der Waals surface area contributed by atoms with Crippen LogP contribution in [0.15, 0.2) is 53.6 Å². The van der Waals surface area contributed by atoms with Gasteiger partial charge in [0.2, 0.25) is 0 Å². The molecule has 168 valence electrons. The molecule has 1 fully saturated rings. The van der Waals surface area contributed by atoms with Gasteiger partial charge in [-0.2, -0.15) is 0 Å². The van der Waals surface area contributed by atoms with Gasteiger partial charge in [0, 0.05) is 25.8 Å². The second-order valence-corrected chi connectivity index (χ2v) is 9.97. The molecule has 0 radical (unpaired) electrons. The summed E-state index contributed by atoms with van der Waals surface area (Å²) in [7, 11) is -4.04. The van der Waals surface area contributed by atoms with Crippen molar-refractivity contribution in [2.45, 2.75) is 48.8 Å². The summed E-state index contributed by atoms with van der Waals surface area (Å²) in [6.07, 6.45) is 3.77. The van der Waals surface area contributed by atoms with E-state index in [-0.39, 0.29) is 17.7 Å². The Kier molecular flexibility index (Phi) is 7.64. The Morgan fingerprint density at radius 3 is 2.48 bits per heavy atom. The van der Waals surface area contributed by atoms with Crippen molar-refractivity contribution in [2.75, 3.05) is 19.7 Å². The number of amides is 1. The molecule has 1 aromatic carbocycles. The summed E-state index contributed by atoms with van der Waals surface area (Å²) in [6.45, 7) is 3.97. The largest absolute Gasteiger partial charge is 0.494 e. The average Bonchev–Trinajstić information content (AvgIpc) is 2.80. The summed E-state index contributed by atoms with van der Waals surface area (Å²) in [5.41, 5.74) is 2.47. The van der Waals surface area contributed by atoms with Crippen molar-refractivity contribution in [3.05, 3.63) is 54.4 Å². The van der Waals surface area contributed by atoms with Crippen molar-refractivity contribution in [3.8, 4) is 5.75 Å². The minimum Gasteiger partial charge on any atom is -0.494 e. The third-order valence-electron chi connectivity index (χ3n) is 5.71. The Labute approximate surface area is 183 Å². The van der Waals surface area contributed by atoms with Crippen LogP contribution in [0, 0.1) is 0 Å². The van der Waals surface area contributed by atoms with Crippen LogP contribution in [0.5, 0.6) is 5.75 Å². The number of carbonyl (C=O) groups is 1. The number of hydroxylamine groups is 1. The molecule has 0 atom stereocenters. The normalized spacial score (nSPS) is 16.6. The van der Waals surface area contributed by atoms with Crippen LogP contribution < -0.4 is 10.2 Å². The van der Waals surface area contributed by atoms with E-state index in [1.807, 2.05) is 18.2 Å². The maximum Gasteiger partial charge on any atom is 0.265 e. The lowest BCUT2D eigenvalue weighted by Crippen LogP contribution is -2.57. The van der Waals surface area contributed by atoms with Crippen LogP contribution >= 0.6 is 0 Å². The van der Waals surface area contributed by atoms with Crippen LogP contribution in [-0.4, -0.2) is 53.9 Å². The Morgan fingerprint density at radius 1 is 1.19 bits per heavy atom. The first-order chi connectivity index (χ1) is 14.9. The summed E-state index contributed by atoms with van der Waals surface area (Å²) in [5.74, 6) is -0.313. The van der Waals surface area contributed by atoms with Crippen molar-refractivity contribution >= 4 is 15.7 Å². The zero-order chi connectivity index (χ0) is 22.3. The highest BCUT2D eigenvalue weighted by Crippen LogP contribution is 2.36. The summed E-state index contributed by atoms with van der Waals surface area (Å²) in [5, 5.41) is 9.32. The molecule has 0 saturated carbocycles. The quantitative estimate of drug-likeness (QED) is 0.345. The SMILES string of the molecule is CCCCOc1ccc(S(=O)(=O)C2(C(=O)NO)CCN(Cc3ccccn3)CC2)cc1. The van der Waals surface area contributed by atoms with E-state index in [9.17, 15) is 18.4 Å². The van der Waals surface area contributed by atoms with E-state index in [2.05, 4.69) is 16.8 Å². The first-order valence-corrected chi connectivity index (χ1v) is 12.0. The maximum atomic E-state index is 13.5. The Morgan fingerprint density at radius 2 is 1.90 bits per heavy atom. The monoisotopic (exact) mass is 447 g/mol. The van der Waals surface area contributed by atoms with Crippen molar-refractivity contribution in [2.24, 2.45) is 0 Å². The van der Waals surface area contributed by atoms with Gasteiger partial charge in [-0.1, -0.05) is 19.4 Å². The van der Waals surface area contributed by atoms with Gasteiger partial charge in [-0.3, -0.25) is 19.9 Å². The molecule has 0 bridgehead atoms. The van der Waals surface area contributed by atoms with E-state index >= 15 is 0 Å². The number of hydrogen-bond donors (Lipinski definition) is 2. The number of nitrogens with one attached hydrogen (secondary N) is 1. The molecule has 0 unspecified atom stereocenters. The topological polar surface area (TPSA) is 109 Å². The number of pyridine rings is 1. The first-order valence-electron chi connectivity index (χ1n) is 10.5. The molecule has 2 aromatic rings. The molecule has 8 nitrogen and oxygen atoms in total. The number of unbranched alkanes of at least 4 members (excludes halogenated alkanes) is 1. The lowest BCUT2D eigenvalue weighted by atomic mass is 9.94. The Balaban J connectivity index is 1.78. The molecule has 9 heteroatoms. The number of aromatic nitrogens is 1. The van der Waals surface area contributed by atoms with Gasteiger partial charge in [0.1, 0.15) is 5.75 Å². The fraction of sp³-hybridized carbons (Fsp3) is 0.455. The third kappa shape index (κ3) is 5.06. The van der Waals surface area contributed by atoms with Crippen LogP contribution in [0.3, 0.4) is 0 Å². The molecule has 1 aromatic heterocycles. The summed E-state index contributed by atoms with van der Waals surface area (Å²) in [6, 6.07) is 11.8. The highest BCUT2D eigenvalue weighted by atomic mass is 32.2. The highest BCUT2D eigenvalue weighted by Gasteiger charge is 2.52. The number of piperidine rings is 1. The van der Waals surface area contributed by atoms with Gasteiger partial charge in [0.05, 0.1) is 17.2 Å². The molecular weight excluding hydrogens is 418 g/mol. The lowest BCUT2D eigenvalue weighted by molar-refractivity contribution is -0.133. The van der Waals surface area contributed by atoms with Crippen LogP contribution in [0.1, 0.15) is 38.3 Å². The van der Waals surface area contributed by atoms with Crippen molar-refractivity contribution < 1.29 is 23.2 Å². The molecule has 2 heterocycles. The number of hydrogen-bond acceptors (Lipinski definition) is 7. The van der Waals surface area contributed by atoms with Gasteiger partial charge >= 0.3 is 0 Å². The predicted octanol–water partition coefficient (Wildman–Crippen LogP) is 2.57. The van der Waals surface area contributed by atoms with Gasteiger partial charge < -0.3 is 4.74 Å². The number of sulfone groups is 1. The molecular formula is C22H29N3O5S. The number of benzene rings is 1. The van der Waals surface area contributed by atoms with Crippen LogP contribution in [0.4, 0.5) is 0 Å². The molecule has 2 N–H and O–H groups in total. The maximum absolute atomic E-state index is 13.5. The van der Waals surface area contributed by atoms with Crippen LogP contribution in [-0.2, 0) is 21.2 Å². The van der Waals surface area contributed by atoms with Gasteiger partial charge in [0.15, 0.2) is 14.6 Å². The summed E-state index contributed by atoms with van der Waals surface area (Å²) >= 11 is 0. The number of rotatable bonds is 9. The van der Waals surface area contributed by atoms with Crippen molar-refractivity contribution in [1.29, 1.82) is 0 Å². The lowest BCUT2D eigenvalue weighted by Gasteiger charge is -2.39. The predicted molar refractivity (Wildman–Crippen MR) is 115 cm³/mol. The van der Waals surface area contributed by atoms with Crippen molar-refractivity contribution in [1.82, 2.24) is 15.4 Å². The minimum absolute atomic E-state index is 0.0390. The molecule has 1 saturated heterocycles. The molecule has 1 aliphatic heterocycles. The van der Waals surface area contributed by atoms with E-state index in [1.54, 1.807) is 23.8 Å². The third-order valence-corrected chi connectivity index (χ3v) is 8.22. The smallest absolute Gasteiger partial charge is 0.265 e. The molecule has 3 rings (SSSR count). The van der Waals surface area contributed by atoms with Gasteiger partial charge in [0.25, 0.3) is 5.91 Å². The Bertz CT molecular complexity index is 956.